The molecule has 0 atom stereocenters. The number of esters is 1. The molecule has 1 amide bonds. The average molecular weight is 444 g/mol. The molecule has 1 heterocycles. The number of carbonyl (C=O) groups is 2. The number of ether oxygens (including phenoxy) is 3. The molecule has 0 radical (unpaired) electrons. The van der Waals surface area contributed by atoms with Crippen molar-refractivity contribution in [1.29, 1.82) is 0 Å². The SMILES string of the molecule is CCOC(=O)Cn1c(=NC(=O)C=Cc2ccc(OC)c(OC)c2)sc2cc(F)ccc21. The van der Waals surface area contributed by atoms with Crippen molar-refractivity contribution in [1.82, 2.24) is 4.57 Å². The van der Waals surface area contributed by atoms with E-state index in [0.29, 0.717) is 21.7 Å². The third-order valence-electron chi connectivity index (χ3n) is 4.27. The van der Waals surface area contributed by atoms with Crippen LogP contribution in [0.25, 0.3) is 16.3 Å². The van der Waals surface area contributed by atoms with Crippen LogP contribution in [0.3, 0.4) is 0 Å². The van der Waals surface area contributed by atoms with Gasteiger partial charge in [-0.1, -0.05) is 17.4 Å². The third-order valence-corrected chi connectivity index (χ3v) is 5.31. The van der Waals surface area contributed by atoms with Crippen LogP contribution in [-0.4, -0.2) is 37.3 Å². The molecule has 2 aromatic carbocycles. The van der Waals surface area contributed by atoms with Gasteiger partial charge in [0.05, 0.1) is 31.0 Å². The molecule has 0 aliphatic carbocycles. The Morgan fingerprint density at radius 1 is 1.13 bits per heavy atom. The van der Waals surface area contributed by atoms with Gasteiger partial charge in [0.15, 0.2) is 16.3 Å². The van der Waals surface area contributed by atoms with Gasteiger partial charge in [-0.2, -0.15) is 4.99 Å². The van der Waals surface area contributed by atoms with Crippen molar-refractivity contribution in [3.05, 3.63) is 58.7 Å². The van der Waals surface area contributed by atoms with Crippen LogP contribution in [0, 0.1) is 5.82 Å². The summed E-state index contributed by atoms with van der Waals surface area (Å²) in [5.74, 6) is -0.301. The lowest BCUT2D eigenvalue weighted by molar-refractivity contribution is -0.143. The minimum atomic E-state index is -0.528. The highest BCUT2D eigenvalue weighted by Gasteiger charge is 2.12. The van der Waals surface area contributed by atoms with Crippen molar-refractivity contribution in [2.45, 2.75) is 13.5 Å². The van der Waals surface area contributed by atoms with Crippen molar-refractivity contribution in [3.63, 3.8) is 0 Å². The van der Waals surface area contributed by atoms with Gasteiger partial charge in [0, 0.05) is 6.08 Å². The Morgan fingerprint density at radius 3 is 2.61 bits per heavy atom. The number of amides is 1. The van der Waals surface area contributed by atoms with E-state index < -0.39 is 17.7 Å². The van der Waals surface area contributed by atoms with Crippen LogP contribution in [0.5, 0.6) is 11.5 Å². The van der Waals surface area contributed by atoms with Crippen molar-refractivity contribution in [3.8, 4) is 11.5 Å². The van der Waals surface area contributed by atoms with E-state index in [1.807, 2.05) is 0 Å². The lowest BCUT2D eigenvalue weighted by Crippen LogP contribution is -2.22. The van der Waals surface area contributed by atoms with Crippen LogP contribution in [-0.2, 0) is 20.9 Å². The van der Waals surface area contributed by atoms with Crippen LogP contribution in [0.15, 0.2) is 47.5 Å². The highest BCUT2D eigenvalue weighted by Crippen LogP contribution is 2.28. The molecule has 0 fully saturated rings. The molecule has 0 aliphatic rings. The van der Waals surface area contributed by atoms with E-state index in [-0.39, 0.29) is 18.0 Å². The Kier molecular flexibility index (Phi) is 7.19. The summed E-state index contributed by atoms with van der Waals surface area (Å²) in [5, 5.41) is 0. The number of hydrogen-bond donors (Lipinski definition) is 0. The molecule has 1 aromatic heterocycles. The zero-order chi connectivity index (χ0) is 22.4. The van der Waals surface area contributed by atoms with Crippen LogP contribution in [0.4, 0.5) is 4.39 Å². The van der Waals surface area contributed by atoms with Crippen LogP contribution in [0.2, 0.25) is 0 Å². The number of thiazole rings is 1. The molecule has 7 nitrogen and oxygen atoms in total. The Balaban J connectivity index is 1.94. The minimum Gasteiger partial charge on any atom is -0.493 e. The molecule has 0 unspecified atom stereocenters. The van der Waals surface area contributed by atoms with Crippen molar-refractivity contribution in [2.24, 2.45) is 4.99 Å². The third kappa shape index (κ3) is 5.37. The van der Waals surface area contributed by atoms with Gasteiger partial charge in [-0.25, -0.2) is 4.39 Å². The summed E-state index contributed by atoms with van der Waals surface area (Å²) in [5.41, 5.74) is 1.31. The molecule has 0 aliphatic heterocycles. The number of nitrogens with zero attached hydrogens (tertiary/aromatic N) is 2. The van der Waals surface area contributed by atoms with Gasteiger partial charge in [-0.3, -0.25) is 9.59 Å². The first-order valence-electron chi connectivity index (χ1n) is 9.38. The Labute approximate surface area is 182 Å². The summed E-state index contributed by atoms with van der Waals surface area (Å²) in [4.78, 5) is 28.8. The molecule has 3 aromatic rings. The molecule has 9 heteroatoms. The Bertz CT molecular complexity index is 1210. The minimum absolute atomic E-state index is 0.134. The largest absolute Gasteiger partial charge is 0.493 e. The van der Waals surface area contributed by atoms with E-state index in [2.05, 4.69) is 4.99 Å². The van der Waals surface area contributed by atoms with Gasteiger partial charge in [-0.15, -0.1) is 0 Å². The normalized spacial score (nSPS) is 11.8. The van der Waals surface area contributed by atoms with Crippen molar-refractivity contribution < 1.29 is 28.2 Å². The summed E-state index contributed by atoms with van der Waals surface area (Å²) in [6.07, 6.45) is 2.90. The fourth-order valence-corrected chi connectivity index (χ4v) is 3.94. The fraction of sp³-hybridized carbons (Fsp3) is 0.227. The second kappa shape index (κ2) is 10.0. The van der Waals surface area contributed by atoms with E-state index in [1.165, 1.54) is 32.4 Å². The first-order chi connectivity index (χ1) is 14.9. The summed E-state index contributed by atoms with van der Waals surface area (Å²) in [6, 6.07) is 9.40. The number of benzene rings is 2. The zero-order valence-corrected chi connectivity index (χ0v) is 18.1. The maximum atomic E-state index is 13.6. The lowest BCUT2D eigenvalue weighted by atomic mass is 10.2. The average Bonchev–Trinajstić information content (AvgIpc) is 3.07. The lowest BCUT2D eigenvalue weighted by Gasteiger charge is -2.07. The number of halogens is 1. The number of rotatable bonds is 7. The molecule has 31 heavy (non-hydrogen) atoms. The number of carbonyl (C=O) groups excluding carboxylic acids is 2. The van der Waals surface area contributed by atoms with Gasteiger partial charge >= 0.3 is 5.97 Å². The van der Waals surface area contributed by atoms with E-state index in [0.717, 1.165) is 16.9 Å². The predicted octanol–water partition coefficient (Wildman–Crippen LogP) is 3.56. The highest BCUT2D eigenvalue weighted by molar-refractivity contribution is 7.16. The zero-order valence-electron chi connectivity index (χ0n) is 17.3. The van der Waals surface area contributed by atoms with Crippen molar-refractivity contribution >= 4 is 39.5 Å². The summed E-state index contributed by atoms with van der Waals surface area (Å²) < 4.78 is 31.2. The number of aromatic nitrogens is 1. The quantitative estimate of drug-likeness (QED) is 0.411. The molecule has 0 bridgehead atoms. The fourth-order valence-electron chi connectivity index (χ4n) is 2.88. The number of hydrogen-bond acceptors (Lipinski definition) is 6. The molecule has 0 saturated heterocycles. The van der Waals surface area contributed by atoms with Gasteiger partial charge in [0.25, 0.3) is 5.91 Å². The van der Waals surface area contributed by atoms with Crippen LogP contribution < -0.4 is 14.3 Å². The van der Waals surface area contributed by atoms with Gasteiger partial charge in [-0.05, 0) is 48.9 Å². The molecular weight excluding hydrogens is 423 g/mol. The maximum absolute atomic E-state index is 13.6. The molecule has 162 valence electrons. The van der Waals surface area contributed by atoms with E-state index >= 15 is 0 Å². The summed E-state index contributed by atoms with van der Waals surface area (Å²) in [6.45, 7) is 1.80. The molecule has 0 saturated carbocycles. The highest BCUT2D eigenvalue weighted by atomic mass is 32.1. The molecule has 0 N–H and O–H groups in total. The molecule has 3 rings (SSSR count). The first-order valence-corrected chi connectivity index (χ1v) is 10.2. The molecular formula is C22H21FN2O5S. The summed E-state index contributed by atoms with van der Waals surface area (Å²) in [7, 11) is 3.07. The van der Waals surface area contributed by atoms with Gasteiger partial charge in [0.1, 0.15) is 12.4 Å². The standard InChI is InChI=1S/C22H21FN2O5S/c1-4-30-21(27)13-25-16-8-7-15(23)12-19(16)31-22(25)24-20(26)10-6-14-5-9-17(28-2)18(11-14)29-3/h5-12H,4,13H2,1-3H3. The first kappa shape index (κ1) is 22.2. The Morgan fingerprint density at radius 2 is 1.90 bits per heavy atom. The van der Waals surface area contributed by atoms with E-state index in [4.69, 9.17) is 14.2 Å². The van der Waals surface area contributed by atoms with Crippen LogP contribution >= 0.6 is 11.3 Å². The summed E-state index contributed by atoms with van der Waals surface area (Å²) >= 11 is 1.12. The number of methoxy groups -OCH3 is 2. The second-order valence-electron chi connectivity index (χ2n) is 6.29. The predicted molar refractivity (Wildman–Crippen MR) is 116 cm³/mol. The monoisotopic (exact) mass is 444 g/mol. The van der Waals surface area contributed by atoms with E-state index in [9.17, 15) is 14.0 Å². The van der Waals surface area contributed by atoms with Crippen LogP contribution in [0.1, 0.15) is 12.5 Å². The van der Waals surface area contributed by atoms with Crippen molar-refractivity contribution in [2.75, 3.05) is 20.8 Å². The smallest absolute Gasteiger partial charge is 0.326 e. The van der Waals surface area contributed by atoms with E-state index in [1.54, 1.807) is 41.8 Å². The van der Waals surface area contributed by atoms with Gasteiger partial charge < -0.3 is 18.8 Å². The Hall–Kier alpha value is -3.46. The van der Waals surface area contributed by atoms with Gasteiger partial charge in [0.2, 0.25) is 0 Å². The second-order valence-corrected chi connectivity index (χ2v) is 7.29. The maximum Gasteiger partial charge on any atom is 0.326 e. The number of fused-ring (bicyclic) bond motifs is 1. The molecule has 0 spiro atoms. The topological polar surface area (TPSA) is 79.1 Å².